The third-order valence-corrected chi connectivity index (χ3v) is 3.74. The molecule has 0 saturated carbocycles. The van der Waals surface area contributed by atoms with Gasteiger partial charge in [0.2, 0.25) is 0 Å². The zero-order valence-electron chi connectivity index (χ0n) is 9.27. The Morgan fingerprint density at radius 1 is 1.06 bits per heavy atom. The summed E-state index contributed by atoms with van der Waals surface area (Å²) in [5, 5.41) is 4.38. The molecule has 2 nitrogen and oxygen atoms in total. The average molecular weight is 242 g/mol. The van der Waals surface area contributed by atoms with Crippen LogP contribution in [0.5, 0.6) is 5.75 Å². The average Bonchev–Trinajstić information content (AvgIpc) is 2.79. The van der Waals surface area contributed by atoms with Crippen LogP contribution in [0.15, 0.2) is 46.6 Å². The molecule has 84 valence electrons. The second kappa shape index (κ2) is 3.86. The van der Waals surface area contributed by atoms with Crippen LogP contribution in [0.1, 0.15) is 0 Å². The van der Waals surface area contributed by atoms with E-state index in [1.807, 2.05) is 41.8 Å². The van der Waals surface area contributed by atoms with Gasteiger partial charge in [-0.2, -0.15) is 0 Å². The maximum atomic E-state index is 12.3. The second-order valence-corrected chi connectivity index (χ2v) is 4.76. The van der Waals surface area contributed by atoms with Crippen molar-refractivity contribution in [3.05, 3.63) is 52.0 Å². The molecule has 0 atom stereocenters. The highest BCUT2D eigenvalue weighted by Gasteiger charge is 2.03. The topological polar surface area (TPSA) is 26.3 Å². The molecule has 0 radical (unpaired) electrons. The standard InChI is InChI=1S/C14H10O2S/c1-16-10-3-4-11-9(8-10)2-5-13-12(14(11)15)6-7-17-13/h2-8H,1H3. The third-order valence-electron chi connectivity index (χ3n) is 2.86. The van der Waals surface area contributed by atoms with Crippen molar-refractivity contribution in [2.75, 3.05) is 7.11 Å². The van der Waals surface area contributed by atoms with Crippen LogP contribution in [-0.4, -0.2) is 7.11 Å². The number of benzene rings is 1. The maximum Gasteiger partial charge on any atom is 0.195 e. The Bertz CT molecular complexity index is 759. The lowest BCUT2D eigenvalue weighted by atomic mass is 10.1. The molecule has 0 aliphatic heterocycles. The number of hydrogen-bond donors (Lipinski definition) is 0. The second-order valence-electron chi connectivity index (χ2n) is 3.81. The van der Waals surface area contributed by atoms with Crippen LogP contribution < -0.4 is 10.2 Å². The summed E-state index contributed by atoms with van der Waals surface area (Å²) in [7, 11) is 1.63. The van der Waals surface area contributed by atoms with Gasteiger partial charge in [-0.05, 0) is 41.1 Å². The molecule has 0 aliphatic rings. The zero-order valence-corrected chi connectivity index (χ0v) is 10.1. The van der Waals surface area contributed by atoms with Crippen LogP contribution >= 0.6 is 11.3 Å². The number of hydrogen-bond acceptors (Lipinski definition) is 3. The Morgan fingerprint density at radius 3 is 2.76 bits per heavy atom. The molecular weight excluding hydrogens is 232 g/mol. The number of ether oxygens (including phenoxy) is 1. The Morgan fingerprint density at radius 2 is 1.94 bits per heavy atom. The van der Waals surface area contributed by atoms with Crippen molar-refractivity contribution in [3.63, 3.8) is 0 Å². The first kappa shape index (κ1) is 10.3. The van der Waals surface area contributed by atoms with Crippen LogP contribution in [0, 0.1) is 0 Å². The van der Waals surface area contributed by atoms with Crippen molar-refractivity contribution in [2.45, 2.75) is 0 Å². The molecule has 0 bridgehead atoms. The minimum absolute atomic E-state index is 0.0869. The van der Waals surface area contributed by atoms with Crippen molar-refractivity contribution in [1.82, 2.24) is 0 Å². The highest BCUT2D eigenvalue weighted by atomic mass is 32.1. The first-order valence-corrected chi connectivity index (χ1v) is 6.16. The summed E-state index contributed by atoms with van der Waals surface area (Å²) in [6.45, 7) is 0. The van der Waals surface area contributed by atoms with Gasteiger partial charge in [-0.25, -0.2) is 0 Å². The molecule has 3 rings (SSSR count). The Labute approximate surface area is 102 Å². The van der Waals surface area contributed by atoms with E-state index < -0.39 is 0 Å². The molecule has 1 aromatic heterocycles. The summed E-state index contributed by atoms with van der Waals surface area (Å²) < 4.78 is 6.19. The van der Waals surface area contributed by atoms with Crippen molar-refractivity contribution in [2.24, 2.45) is 0 Å². The van der Waals surface area contributed by atoms with Gasteiger partial charge in [0.05, 0.1) is 7.11 Å². The SMILES string of the molecule is COc1ccc2c(=O)c3ccsc3ccc2c1. The highest BCUT2D eigenvalue weighted by Crippen LogP contribution is 2.22. The van der Waals surface area contributed by atoms with Crippen LogP contribution in [0.25, 0.3) is 20.9 Å². The van der Waals surface area contributed by atoms with E-state index in [1.165, 1.54) is 0 Å². The lowest BCUT2D eigenvalue weighted by Crippen LogP contribution is -1.96. The summed E-state index contributed by atoms with van der Waals surface area (Å²) in [4.78, 5) is 12.3. The lowest BCUT2D eigenvalue weighted by Gasteiger charge is -1.98. The Balaban J connectivity index is 2.53. The van der Waals surface area contributed by atoms with Crippen LogP contribution in [-0.2, 0) is 0 Å². The summed E-state index contributed by atoms with van der Waals surface area (Å²) in [6, 6.07) is 11.4. The van der Waals surface area contributed by atoms with E-state index in [0.717, 1.165) is 26.6 Å². The van der Waals surface area contributed by atoms with Crippen LogP contribution in [0.4, 0.5) is 0 Å². The molecule has 0 saturated heterocycles. The molecule has 1 heterocycles. The fourth-order valence-corrected chi connectivity index (χ4v) is 2.75. The monoisotopic (exact) mass is 242 g/mol. The Hall–Kier alpha value is -1.87. The van der Waals surface area contributed by atoms with E-state index in [2.05, 4.69) is 0 Å². The minimum atomic E-state index is 0.0869. The summed E-state index contributed by atoms with van der Waals surface area (Å²) >= 11 is 1.58. The van der Waals surface area contributed by atoms with E-state index in [0.29, 0.717) is 0 Å². The molecule has 0 amide bonds. The molecule has 0 fully saturated rings. The molecule has 0 spiro atoms. The normalized spacial score (nSPS) is 10.9. The first-order chi connectivity index (χ1) is 8.29. The fraction of sp³-hybridized carbons (Fsp3) is 0.0714. The van der Waals surface area contributed by atoms with E-state index in [1.54, 1.807) is 18.4 Å². The summed E-state index contributed by atoms with van der Waals surface area (Å²) in [6.07, 6.45) is 0. The summed E-state index contributed by atoms with van der Waals surface area (Å²) in [5.74, 6) is 0.770. The third kappa shape index (κ3) is 1.59. The van der Waals surface area contributed by atoms with Crippen molar-refractivity contribution >= 4 is 32.2 Å². The minimum Gasteiger partial charge on any atom is -0.497 e. The molecule has 0 N–H and O–H groups in total. The molecule has 0 unspecified atom stereocenters. The molecule has 3 aromatic rings. The highest BCUT2D eigenvalue weighted by molar-refractivity contribution is 7.17. The van der Waals surface area contributed by atoms with Gasteiger partial charge in [0, 0.05) is 15.5 Å². The van der Waals surface area contributed by atoms with Gasteiger partial charge in [0.1, 0.15) is 5.75 Å². The van der Waals surface area contributed by atoms with E-state index in [9.17, 15) is 4.79 Å². The smallest absolute Gasteiger partial charge is 0.195 e. The molecule has 2 aromatic carbocycles. The van der Waals surface area contributed by atoms with Crippen LogP contribution in [0.2, 0.25) is 0 Å². The largest absolute Gasteiger partial charge is 0.497 e. The van der Waals surface area contributed by atoms with Gasteiger partial charge < -0.3 is 4.74 Å². The van der Waals surface area contributed by atoms with Crippen molar-refractivity contribution in [3.8, 4) is 5.75 Å². The number of methoxy groups -OCH3 is 1. The zero-order chi connectivity index (χ0) is 11.8. The van der Waals surface area contributed by atoms with Gasteiger partial charge in [-0.3, -0.25) is 4.79 Å². The van der Waals surface area contributed by atoms with E-state index in [4.69, 9.17) is 4.74 Å². The number of rotatable bonds is 1. The van der Waals surface area contributed by atoms with Gasteiger partial charge in [0.25, 0.3) is 0 Å². The lowest BCUT2D eigenvalue weighted by molar-refractivity contribution is 0.415. The van der Waals surface area contributed by atoms with E-state index in [-0.39, 0.29) is 5.43 Å². The Kier molecular flexibility index (Phi) is 2.34. The number of thiophene rings is 1. The van der Waals surface area contributed by atoms with E-state index >= 15 is 0 Å². The molecule has 17 heavy (non-hydrogen) atoms. The van der Waals surface area contributed by atoms with Gasteiger partial charge in [-0.15, -0.1) is 11.3 Å². The van der Waals surface area contributed by atoms with Crippen LogP contribution in [0.3, 0.4) is 0 Å². The first-order valence-electron chi connectivity index (χ1n) is 5.28. The molecular formula is C14H10O2S. The quantitative estimate of drug-likeness (QED) is 0.653. The predicted molar refractivity (Wildman–Crippen MR) is 72.2 cm³/mol. The predicted octanol–water partition coefficient (Wildman–Crippen LogP) is 3.42. The number of fused-ring (bicyclic) bond motifs is 2. The van der Waals surface area contributed by atoms with Crippen molar-refractivity contribution in [1.29, 1.82) is 0 Å². The summed E-state index contributed by atoms with van der Waals surface area (Å²) in [5.41, 5.74) is 0.0869. The van der Waals surface area contributed by atoms with Gasteiger partial charge in [-0.1, -0.05) is 6.07 Å². The molecule has 3 heteroatoms. The maximum absolute atomic E-state index is 12.3. The fourth-order valence-electron chi connectivity index (χ4n) is 1.96. The van der Waals surface area contributed by atoms with Gasteiger partial charge in [0.15, 0.2) is 5.43 Å². The molecule has 0 aliphatic carbocycles. The van der Waals surface area contributed by atoms with Crippen molar-refractivity contribution < 1.29 is 4.74 Å². The van der Waals surface area contributed by atoms with Gasteiger partial charge >= 0.3 is 0 Å².